The van der Waals surface area contributed by atoms with Gasteiger partial charge in [0.25, 0.3) is 0 Å². The molecule has 2 aliphatic heterocycles. The van der Waals surface area contributed by atoms with Crippen molar-refractivity contribution in [3.8, 4) is 0 Å². The van der Waals surface area contributed by atoms with Crippen LogP contribution in [0.3, 0.4) is 0 Å². The number of rotatable bonds is 4. The monoisotopic (exact) mass is 419 g/mol. The number of aromatic nitrogens is 2. The predicted molar refractivity (Wildman–Crippen MR) is 113 cm³/mol. The number of anilines is 1. The molecule has 0 saturated carbocycles. The molecule has 0 aliphatic carbocycles. The van der Waals surface area contributed by atoms with E-state index in [2.05, 4.69) is 14.9 Å². The van der Waals surface area contributed by atoms with Crippen molar-refractivity contribution in [2.24, 2.45) is 0 Å². The summed E-state index contributed by atoms with van der Waals surface area (Å²) in [6.45, 7) is 12.6. The maximum Gasteiger partial charge on any atom is 0.410 e. The first-order valence-electron chi connectivity index (χ1n) is 10.6. The highest BCUT2D eigenvalue weighted by molar-refractivity contribution is 5.77. The zero-order chi connectivity index (χ0) is 21.7. The van der Waals surface area contributed by atoms with Crippen molar-refractivity contribution in [3.05, 3.63) is 17.6 Å². The summed E-state index contributed by atoms with van der Waals surface area (Å²) in [6.07, 6.45) is 2.32. The first-order chi connectivity index (χ1) is 14.2. The fourth-order valence-electron chi connectivity index (χ4n) is 3.68. The first kappa shape index (κ1) is 22.3. The molecule has 9 nitrogen and oxygen atoms in total. The Hall–Kier alpha value is -2.42. The molecule has 166 valence electrons. The van der Waals surface area contributed by atoms with Gasteiger partial charge in [0.2, 0.25) is 5.91 Å². The molecular formula is C21H33N5O4. The Morgan fingerprint density at radius 3 is 2.33 bits per heavy atom. The van der Waals surface area contributed by atoms with Crippen LogP contribution in [0.2, 0.25) is 0 Å². The minimum absolute atomic E-state index is 0.141. The van der Waals surface area contributed by atoms with Gasteiger partial charge in [0.05, 0.1) is 13.2 Å². The van der Waals surface area contributed by atoms with E-state index in [0.29, 0.717) is 65.3 Å². The first-order valence-corrected chi connectivity index (χ1v) is 10.6. The molecule has 1 aromatic rings. The van der Waals surface area contributed by atoms with Crippen LogP contribution >= 0.6 is 0 Å². The van der Waals surface area contributed by atoms with Gasteiger partial charge >= 0.3 is 6.09 Å². The number of piperazine rings is 1. The van der Waals surface area contributed by atoms with Gasteiger partial charge in [-0.15, -0.1) is 0 Å². The van der Waals surface area contributed by atoms with Crippen molar-refractivity contribution in [1.29, 1.82) is 0 Å². The third-order valence-electron chi connectivity index (χ3n) is 5.32. The van der Waals surface area contributed by atoms with E-state index in [1.54, 1.807) is 11.2 Å². The normalized spacial score (nSPS) is 17.8. The fraction of sp³-hybridized carbons (Fsp3) is 0.714. The molecule has 0 spiro atoms. The smallest absolute Gasteiger partial charge is 0.410 e. The largest absolute Gasteiger partial charge is 0.444 e. The Labute approximate surface area is 178 Å². The number of hydrogen-bond acceptors (Lipinski definition) is 7. The third kappa shape index (κ3) is 5.81. The van der Waals surface area contributed by atoms with E-state index in [1.807, 2.05) is 32.6 Å². The number of ether oxygens (including phenoxy) is 2. The Kier molecular flexibility index (Phi) is 7.12. The van der Waals surface area contributed by atoms with Gasteiger partial charge in [-0.2, -0.15) is 0 Å². The second-order valence-electron chi connectivity index (χ2n) is 8.71. The van der Waals surface area contributed by atoms with Crippen molar-refractivity contribution in [2.45, 2.75) is 46.1 Å². The van der Waals surface area contributed by atoms with Gasteiger partial charge in [0, 0.05) is 56.9 Å². The zero-order valence-electron chi connectivity index (χ0n) is 18.5. The number of amides is 2. The lowest BCUT2D eigenvalue weighted by atomic mass is 10.1. The summed E-state index contributed by atoms with van der Waals surface area (Å²) in [6, 6.07) is 0. The van der Waals surface area contributed by atoms with Crippen molar-refractivity contribution in [3.63, 3.8) is 0 Å². The quantitative estimate of drug-likeness (QED) is 0.733. The van der Waals surface area contributed by atoms with E-state index in [0.717, 1.165) is 17.1 Å². The van der Waals surface area contributed by atoms with E-state index in [-0.39, 0.29) is 12.0 Å². The highest BCUT2D eigenvalue weighted by Gasteiger charge is 2.28. The Morgan fingerprint density at radius 2 is 1.70 bits per heavy atom. The van der Waals surface area contributed by atoms with E-state index < -0.39 is 5.60 Å². The Balaban J connectivity index is 1.61. The maximum absolute atomic E-state index is 12.6. The van der Waals surface area contributed by atoms with Crippen LogP contribution in [0, 0.1) is 6.92 Å². The molecule has 0 atom stereocenters. The molecule has 30 heavy (non-hydrogen) atoms. The van der Waals surface area contributed by atoms with Gasteiger partial charge in [-0.1, -0.05) is 0 Å². The van der Waals surface area contributed by atoms with Crippen LogP contribution in [0.4, 0.5) is 10.6 Å². The summed E-state index contributed by atoms with van der Waals surface area (Å²) >= 11 is 0. The van der Waals surface area contributed by atoms with Gasteiger partial charge in [0.15, 0.2) is 0 Å². The highest BCUT2D eigenvalue weighted by atomic mass is 16.6. The molecule has 0 bridgehead atoms. The third-order valence-corrected chi connectivity index (χ3v) is 5.32. The van der Waals surface area contributed by atoms with Gasteiger partial charge < -0.3 is 24.2 Å². The number of hydrogen-bond donors (Lipinski definition) is 0. The summed E-state index contributed by atoms with van der Waals surface area (Å²) in [4.78, 5) is 39.5. The van der Waals surface area contributed by atoms with E-state index in [1.165, 1.54) is 0 Å². The lowest BCUT2D eigenvalue weighted by molar-refractivity contribution is -0.135. The van der Waals surface area contributed by atoms with Crippen LogP contribution in [-0.4, -0.2) is 89.9 Å². The molecule has 2 aliphatic rings. The Bertz CT molecular complexity index is 750. The van der Waals surface area contributed by atoms with E-state index in [4.69, 9.17) is 9.47 Å². The van der Waals surface area contributed by atoms with Gasteiger partial charge in [-0.05, 0) is 34.1 Å². The average molecular weight is 420 g/mol. The van der Waals surface area contributed by atoms with Crippen LogP contribution in [0.25, 0.3) is 0 Å². The van der Waals surface area contributed by atoms with Crippen LogP contribution in [-0.2, 0) is 20.7 Å². The van der Waals surface area contributed by atoms with Crippen molar-refractivity contribution in [1.82, 2.24) is 19.8 Å². The second-order valence-corrected chi connectivity index (χ2v) is 8.71. The average Bonchev–Trinajstić information content (AvgIpc) is 2.72. The summed E-state index contributed by atoms with van der Waals surface area (Å²) in [7, 11) is 0. The fourth-order valence-corrected chi connectivity index (χ4v) is 3.68. The van der Waals surface area contributed by atoms with Crippen LogP contribution < -0.4 is 4.90 Å². The van der Waals surface area contributed by atoms with E-state index in [9.17, 15) is 9.59 Å². The number of carbonyl (C=O) groups excluding carboxylic acids is 2. The summed E-state index contributed by atoms with van der Waals surface area (Å²) in [5.41, 5.74) is 1.40. The van der Waals surface area contributed by atoms with Crippen molar-refractivity contribution in [2.75, 3.05) is 57.4 Å². The molecule has 0 radical (unpaired) electrons. The minimum Gasteiger partial charge on any atom is -0.444 e. The Morgan fingerprint density at radius 1 is 1.03 bits per heavy atom. The highest BCUT2D eigenvalue weighted by Crippen LogP contribution is 2.23. The molecule has 2 amide bonds. The summed E-state index contributed by atoms with van der Waals surface area (Å²) in [5, 5.41) is 0. The standard InChI is InChI=1S/C21H33N5O4/c1-16-17(5-6-18(27)24-11-13-29-14-12-24)19(23-15-22-16)25-7-9-26(10-8-25)20(28)30-21(2,3)4/h15H,5-14H2,1-4H3. The van der Waals surface area contributed by atoms with Crippen LogP contribution in [0.15, 0.2) is 6.33 Å². The van der Waals surface area contributed by atoms with Gasteiger partial charge in [0.1, 0.15) is 17.7 Å². The molecule has 0 aromatic carbocycles. The molecule has 9 heteroatoms. The topological polar surface area (TPSA) is 88.1 Å². The molecule has 3 heterocycles. The molecular weight excluding hydrogens is 386 g/mol. The molecule has 0 N–H and O–H groups in total. The molecule has 1 aromatic heterocycles. The minimum atomic E-state index is -0.502. The van der Waals surface area contributed by atoms with Crippen LogP contribution in [0.1, 0.15) is 38.4 Å². The molecule has 2 fully saturated rings. The van der Waals surface area contributed by atoms with Crippen LogP contribution in [0.5, 0.6) is 0 Å². The number of morpholine rings is 1. The van der Waals surface area contributed by atoms with E-state index >= 15 is 0 Å². The predicted octanol–water partition coefficient (Wildman–Crippen LogP) is 1.63. The zero-order valence-corrected chi connectivity index (χ0v) is 18.5. The van der Waals surface area contributed by atoms with Gasteiger partial charge in [-0.25, -0.2) is 14.8 Å². The number of aryl methyl sites for hydroxylation is 1. The maximum atomic E-state index is 12.6. The summed E-state index contributed by atoms with van der Waals surface area (Å²) < 4.78 is 10.8. The second kappa shape index (κ2) is 9.59. The SMILES string of the molecule is Cc1ncnc(N2CCN(C(=O)OC(C)(C)C)CC2)c1CCC(=O)N1CCOCC1. The van der Waals surface area contributed by atoms with Crippen molar-refractivity contribution >= 4 is 17.8 Å². The molecule has 3 rings (SSSR count). The lowest BCUT2D eigenvalue weighted by Gasteiger charge is -2.37. The summed E-state index contributed by atoms with van der Waals surface area (Å²) in [5.74, 6) is 1.00. The lowest BCUT2D eigenvalue weighted by Crippen LogP contribution is -2.50. The number of nitrogens with zero attached hydrogens (tertiary/aromatic N) is 5. The molecule has 0 unspecified atom stereocenters. The number of carbonyl (C=O) groups is 2. The van der Waals surface area contributed by atoms with Gasteiger partial charge in [-0.3, -0.25) is 4.79 Å². The molecule has 2 saturated heterocycles. The van der Waals surface area contributed by atoms with Crippen molar-refractivity contribution < 1.29 is 19.1 Å².